The van der Waals surface area contributed by atoms with Gasteiger partial charge in [-0.25, -0.2) is 0 Å². The van der Waals surface area contributed by atoms with Crippen LogP contribution in [0.25, 0.3) is 0 Å². The van der Waals surface area contributed by atoms with Gasteiger partial charge in [-0.15, -0.1) is 0 Å². The van der Waals surface area contributed by atoms with Gasteiger partial charge in [-0.3, -0.25) is 10.1 Å². The summed E-state index contributed by atoms with van der Waals surface area (Å²) in [6.07, 6.45) is 3.18. The first-order valence-electron chi connectivity index (χ1n) is 5.78. The van der Waals surface area contributed by atoms with Crippen molar-refractivity contribution >= 4 is 5.69 Å². The summed E-state index contributed by atoms with van der Waals surface area (Å²) in [6, 6.07) is 6.48. The largest absolute Gasteiger partial charge is 0.493 e. The molecule has 2 rings (SSSR count). The van der Waals surface area contributed by atoms with Crippen LogP contribution in [0.4, 0.5) is 5.69 Å². The molecule has 92 valence electrons. The average molecular weight is 236 g/mol. The van der Waals surface area contributed by atoms with Crippen LogP contribution in [0.15, 0.2) is 24.3 Å². The van der Waals surface area contributed by atoms with E-state index < -0.39 is 4.92 Å². The van der Waals surface area contributed by atoms with Gasteiger partial charge < -0.3 is 10.5 Å². The summed E-state index contributed by atoms with van der Waals surface area (Å²) in [5, 5.41) is 10.5. The molecule has 1 fully saturated rings. The summed E-state index contributed by atoms with van der Waals surface area (Å²) in [5.74, 6) is 1.19. The number of nitrogens with zero attached hydrogens (tertiary/aromatic N) is 1. The predicted molar refractivity (Wildman–Crippen MR) is 63.9 cm³/mol. The number of rotatable bonds is 4. The Morgan fingerprint density at radius 2 is 2.06 bits per heavy atom. The van der Waals surface area contributed by atoms with Crippen molar-refractivity contribution in [3.8, 4) is 5.75 Å². The van der Waals surface area contributed by atoms with Crippen LogP contribution in [0.3, 0.4) is 0 Å². The smallest absolute Gasteiger partial charge is 0.269 e. The Bertz CT molecular complexity index is 391. The molecule has 0 spiro atoms. The van der Waals surface area contributed by atoms with E-state index >= 15 is 0 Å². The molecule has 2 unspecified atom stereocenters. The lowest BCUT2D eigenvalue weighted by atomic mass is 10.1. The average Bonchev–Trinajstić information content (AvgIpc) is 2.73. The molecule has 0 bridgehead atoms. The Labute approximate surface area is 99.7 Å². The summed E-state index contributed by atoms with van der Waals surface area (Å²) in [4.78, 5) is 10.0. The fraction of sp³-hybridized carbons (Fsp3) is 0.500. The fourth-order valence-electron chi connectivity index (χ4n) is 2.14. The number of nitrogens with two attached hydrogens (primary N) is 1. The highest BCUT2D eigenvalue weighted by Crippen LogP contribution is 2.25. The number of non-ortho nitro benzene ring substituents is 1. The third kappa shape index (κ3) is 3.17. The lowest BCUT2D eigenvalue weighted by molar-refractivity contribution is -0.384. The van der Waals surface area contributed by atoms with Crippen molar-refractivity contribution in [3.63, 3.8) is 0 Å². The Morgan fingerprint density at radius 3 is 2.59 bits per heavy atom. The summed E-state index contributed by atoms with van der Waals surface area (Å²) < 4.78 is 5.59. The standard InChI is InChI=1S/C12H16N2O3/c13-10-2-1-9(7-10)8-17-12-5-3-11(4-6-12)14(15)16/h3-6,9-10H,1-2,7-8,13H2. The van der Waals surface area contributed by atoms with Crippen molar-refractivity contribution in [1.82, 2.24) is 0 Å². The van der Waals surface area contributed by atoms with Gasteiger partial charge in [0.15, 0.2) is 0 Å². The molecule has 17 heavy (non-hydrogen) atoms. The van der Waals surface area contributed by atoms with E-state index in [1.807, 2.05) is 0 Å². The van der Waals surface area contributed by atoms with Gasteiger partial charge in [0.2, 0.25) is 0 Å². The number of nitro benzene ring substituents is 1. The Morgan fingerprint density at radius 1 is 1.35 bits per heavy atom. The zero-order chi connectivity index (χ0) is 12.3. The second-order valence-electron chi connectivity index (χ2n) is 4.50. The molecule has 1 aliphatic carbocycles. The number of nitro groups is 1. The topological polar surface area (TPSA) is 78.4 Å². The van der Waals surface area contributed by atoms with Gasteiger partial charge >= 0.3 is 0 Å². The molecule has 0 heterocycles. The maximum Gasteiger partial charge on any atom is 0.269 e. The van der Waals surface area contributed by atoms with Crippen LogP contribution in [0.1, 0.15) is 19.3 Å². The monoisotopic (exact) mass is 236 g/mol. The number of hydrogen-bond donors (Lipinski definition) is 1. The molecule has 0 aliphatic heterocycles. The SMILES string of the molecule is NC1CCC(COc2ccc([N+](=O)[O-])cc2)C1. The zero-order valence-corrected chi connectivity index (χ0v) is 9.54. The van der Waals surface area contributed by atoms with Crippen LogP contribution in [0, 0.1) is 16.0 Å². The minimum Gasteiger partial charge on any atom is -0.493 e. The molecule has 2 N–H and O–H groups in total. The molecule has 1 aromatic rings. The molecule has 1 aliphatic rings. The summed E-state index contributed by atoms with van der Waals surface area (Å²) in [5.41, 5.74) is 5.90. The summed E-state index contributed by atoms with van der Waals surface area (Å²) in [7, 11) is 0. The molecular weight excluding hydrogens is 220 g/mol. The van der Waals surface area contributed by atoms with Crippen LogP contribution in [0.5, 0.6) is 5.75 Å². The van der Waals surface area contributed by atoms with Crippen molar-refractivity contribution in [2.75, 3.05) is 6.61 Å². The number of ether oxygens (including phenoxy) is 1. The van der Waals surface area contributed by atoms with E-state index in [1.54, 1.807) is 12.1 Å². The Kier molecular flexibility index (Phi) is 3.58. The molecular formula is C12H16N2O3. The van der Waals surface area contributed by atoms with Crippen LogP contribution in [0.2, 0.25) is 0 Å². The van der Waals surface area contributed by atoms with Gasteiger partial charge in [-0.05, 0) is 37.3 Å². The first-order valence-corrected chi connectivity index (χ1v) is 5.78. The van der Waals surface area contributed by atoms with E-state index in [-0.39, 0.29) is 5.69 Å². The van der Waals surface area contributed by atoms with Crippen molar-refractivity contribution in [2.24, 2.45) is 11.7 Å². The first-order chi connectivity index (χ1) is 8.15. The highest BCUT2D eigenvalue weighted by atomic mass is 16.6. The molecule has 0 amide bonds. The van der Waals surface area contributed by atoms with E-state index in [2.05, 4.69) is 0 Å². The third-order valence-corrected chi connectivity index (χ3v) is 3.12. The van der Waals surface area contributed by atoms with Gasteiger partial charge in [0, 0.05) is 18.2 Å². The van der Waals surface area contributed by atoms with Crippen molar-refractivity contribution < 1.29 is 9.66 Å². The third-order valence-electron chi connectivity index (χ3n) is 3.12. The summed E-state index contributed by atoms with van der Waals surface area (Å²) in [6.45, 7) is 0.644. The Balaban J connectivity index is 1.85. The van der Waals surface area contributed by atoms with Gasteiger partial charge in [0.1, 0.15) is 5.75 Å². The van der Waals surface area contributed by atoms with Crippen molar-refractivity contribution in [1.29, 1.82) is 0 Å². The van der Waals surface area contributed by atoms with E-state index in [9.17, 15) is 10.1 Å². The van der Waals surface area contributed by atoms with Crippen LogP contribution >= 0.6 is 0 Å². The second kappa shape index (κ2) is 5.14. The molecule has 5 nitrogen and oxygen atoms in total. The highest BCUT2D eigenvalue weighted by molar-refractivity contribution is 5.35. The predicted octanol–water partition coefficient (Wildman–Crippen LogP) is 2.10. The lowest BCUT2D eigenvalue weighted by Gasteiger charge is -2.11. The summed E-state index contributed by atoms with van der Waals surface area (Å²) >= 11 is 0. The van der Waals surface area contributed by atoms with E-state index in [1.165, 1.54) is 12.1 Å². The van der Waals surface area contributed by atoms with E-state index in [0.29, 0.717) is 24.3 Å². The molecule has 0 aromatic heterocycles. The first kappa shape index (κ1) is 11.9. The van der Waals surface area contributed by atoms with Gasteiger partial charge in [0.05, 0.1) is 11.5 Å². The van der Waals surface area contributed by atoms with Crippen LogP contribution in [-0.4, -0.2) is 17.6 Å². The van der Waals surface area contributed by atoms with Crippen molar-refractivity contribution in [2.45, 2.75) is 25.3 Å². The molecule has 0 radical (unpaired) electrons. The number of hydrogen-bond acceptors (Lipinski definition) is 4. The minimum absolute atomic E-state index is 0.0836. The lowest BCUT2D eigenvalue weighted by Crippen LogP contribution is -2.16. The molecule has 1 saturated carbocycles. The van der Waals surface area contributed by atoms with Crippen LogP contribution < -0.4 is 10.5 Å². The molecule has 2 atom stereocenters. The maximum absolute atomic E-state index is 10.5. The van der Waals surface area contributed by atoms with E-state index in [4.69, 9.17) is 10.5 Å². The van der Waals surface area contributed by atoms with E-state index in [0.717, 1.165) is 19.3 Å². The quantitative estimate of drug-likeness (QED) is 0.641. The van der Waals surface area contributed by atoms with Gasteiger partial charge in [0.25, 0.3) is 5.69 Å². The van der Waals surface area contributed by atoms with Crippen molar-refractivity contribution in [3.05, 3.63) is 34.4 Å². The van der Waals surface area contributed by atoms with Gasteiger partial charge in [-0.1, -0.05) is 0 Å². The molecule has 5 heteroatoms. The maximum atomic E-state index is 10.5. The van der Waals surface area contributed by atoms with Gasteiger partial charge in [-0.2, -0.15) is 0 Å². The number of benzene rings is 1. The zero-order valence-electron chi connectivity index (χ0n) is 9.54. The minimum atomic E-state index is -0.417. The fourth-order valence-corrected chi connectivity index (χ4v) is 2.14. The molecule has 1 aromatic carbocycles. The second-order valence-corrected chi connectivity index (χ2v) is 4.50. The van der Waals surface area contributed by atoms with Crippen LogP contribution in [-0.2, 0) is 0 Å². The Hall–Kier alpha value is -1.62. The normalized spacial score (nSPS) is 23.6. The highest BCUT2D eigenvalue weighted by Gasteiger charge is 2.22. The molecule has 0 saturated heterocycles.